The first kappa shape index (κ1) is 98.1. The zero-order chi connectivity index (χ0) is 73.7. The average Bonchev–Trinajstić information content (AvgIpc) is 0.926. The van der Waals surface area contributed by atoms with Gasteiger partial charge in [-0.15, -0.1) is 0 Å². The molecule has 0 heterocycles. The topological polar surface area (TPSA) is 237 Å². The number of aliphatic hydroxyl groups excluding tert-OH is 1. The molecule has 0 rings (SSSR count). The molecule has 0 aromatic rings. The highest BCUT2D eigenvalue weighted by Crippen LogP contribution is 2.45. The van der Waals surface area contributed by atoms with Gasteiger partial charge in [-0.05, 0) is 43.4 Å². The van der Waals surface area contributed by atoms with Crippen LogP contribution in [0.2, 0.25) is 0 Å². The molecule has 17 nitrogen and oxygen atoms in total. The second-order valence-corrected chi connectivity index (χ2v) is 33.3. The van der Waals surface area contributed by atoms with E-state index in [1.54, 1.807) is 0 Å². The van der Waals surface area contributed by atoms with Crippen LogP contribution in [0.4, 0.5) is 0 Å². The van der Waals surface area contributed by atoms with Gasteiger partial charge in [0.2, 0.25) is 0 Å². The van der Waals surface area contributed by atoms with E-state index in [0.29, 0.717) is 25.7 Å². The number of phosphoric acid groups is 2. The number of hydrogen-bond donors (Lipinski definition) is 3. The lowest BCUT2D eigenvalue weighted by Gasteiger charge is -2.21. The molecule has 0 saturated heterocycles. The molecule has 0 aromatic carbocycles. The summed E-state index contributed by atoms with van der Waals surface area (Å²) >= 11 is 0. The molecule has 0 bridgehead atoms. The van der Waals surface area contributed by atoms with E-state index in [1.807, 2.05) is 0 Å². The molecule has 594 valence electrons. The number of hydrogen-bond acceptors (Lipinski definition) is 15. The fourth-order valence-electron chi connectivity index (χ4n) is 12.5. The molecular formula is C81H158O17P2. The molecule has 19 heteroatoms. The third kappa shape index (κ3) is 73.0. The first-order valence-corrected chi connectivity index (χ1v) is 44.9. The van der Waals surface area contributed by atoms with Crippen LogP contribution in [-0.2, 0) is 65.4 Å². The second kappa shape index (κ2) is 71.3. The fraction of sp³-hybridized carbons (Fsp3) is 0.951. The molecule has 0 aliphatic rings. The van der Waals surface area contributed by atoms with Crippen molar-refractivity contribution in [3.8, 4) is 0 Å². The number of ether oxygens (including phenoxy) is 4. The highest BCUT2D eigenvalue weighted by atomic mass is 31.2. The molecule has 0 fully saturated rings. The summed E-state index contributed by atoms with van der Waals surface area (Å²) in [6.07, 6.45) is 59.5. The number of phosphoric ester groups is 2. The van der Waals surface area contributed by atoms with E-state index in [4.69, 9.17) is 37.0 Å². The van der Waals surface area contributed by atoms with E-state index >= 15 is 0 Å². The van der Waals surface area contributed by atoms with Crippen LogP contribution in [-0.4, -0.2) is 96.7 Å². The SMILES string of the molecule is CCCCCCCCCCCCCCCCC(=O)O[C@H](COC(=O)CCCCCCCCCCC(C)CC)COP(=O)(O)OC[C@H](O)COP(=O)(O)OC[C@@H](COC(=O)CCCCCCCCCCCCCCC(C)C)OC(=O)CCCCCCCCCCCCCCCCCCC(C)C. The van der Waals surface area contributed by atoms with Gasteiger partial charge in [0.1, 0.15) is 19.3 Å². The maximum atomic E-state index is 13.1. The van der Waals surface area contributed by atoms with Crippen LogP contribution in [0, 0.1) is 17.8 Å². The van der Waals surface area contributed by atoms with E-state index in [-0.39, 0.29) is 25.7 Å². The van der Waals surface area contributed by atoms with E-state index in [1.165, 1.54) is 231 Å². The van der Waals surface area contributed by atoms with E-state index < -0.39 is 97.5 Å². The maximum Gasteiger partial charge on any atom is 0.472 e. The molecule has 0 aliphatic heterocycles. The summed E-state index contributed by atoms with van der Waals surface area (Å²) < 4.78 is 68.8. The van der Waals surface area contributed by atoms with Crippen LogP contribution < -0.4 is 0 Å². The van der Waals surface area contributed by atoms with Gasteiger partial charge in [-0.2, -0.15) is 0 Å². The minimum absolute atomic E-state index is 0.107. The minimum atomic E-state index is -4.96. The number of carbonyl (C=O) groups is 4. The van der Waals surface area contributed by atoms with Crippen molar-refractivity contribution < 1.29 is 80.2 Å². The Morgan fingerprint density at radius 3 is 0.760 bits per heavy atom. The molecular weight excluding hydrogens is 1310 g/mol. The van der Waals surface area contributed by atoms with Crippen LogP contribution in [0.5, 0.6) is 0 Å². The van der Waals surface area contributed by atoms with E-state index in [0.717, 1.165) is 108 Å². The average molecular weight is 1470 g/mol. The molecule has 0 aliphatic carbocycles. The van der Waals surface area contributed by atoms with Crippen molar-refractivity contribution in [1.29, 1.82) is 0 Å². The van der Waals surface area contributed by atoms with Crippen LogP contribution in [0.3, 0.4) is 0 Å². The first-order valence-electron chi connectivity index (χ1n) is 41.9. The van der Waals surface area contributed by atoms with Crippen LogP contribution in [0.25, 0.3) is 0 Å². The van der Waals surface area contributed by atoms with Gasteiger partial charge in [0.15, 0.2) is 12.2 Å². The zero-order valence-corrected chi connectivity index (χ0v) is 67.5. The van der Waals surface area contributed by atoms with Gasteiger partial charge in [-0.1, -0.05) is 370 Å². The lowest BCUT2D eigenvalue weighted by molar-refractivity contribution is -0.161. The highest BCUT2D eigenvalue weighted by Gasteiger charge is 2.30. The summed E-state index contributed by atoms with van der Waals surface area (Å²) in [4.78, 5) is 73.1. The second-order valence-electron chi connectivity index (χ2n) is 30.4. The summed E-state index contributed by atoms with van der Waals surface area (Å²) in [5.41, 5.74) is 0. The molecule has 0 amide bonds. The van der Waals surface area contributed by atoms with E-state index in [9.17, 15) is 43.2 Å². The van der Waals surface area contributed by atoms with Crippen molar-refractivity contribution in [2.45, 2.75) is 439 Å². The van der Waals surface area contributed by atoms with Crippen molar-refractivity contribution in [1.82, 2.24) is 0 Å². The Bertz CT molecular complexity index is 1940. The molecule has 3 N–H and O–H groups in total. The van der Waals surface area contributed by atoms with E-state index in [2.05, 4.69) is 48.5 Å². The quantitative estimate of drug-likeness (QED) is 0.0222. The Labute approximate surface area is 613 Å². The number of rotatable bonds is 79. The zero-order valence-electron chi connectivity index (χ0n) is 65.7. The summed E-state index contributed by atoms with van der Waals surface area (Å²) in [6, 6.07) is 0. The lowest BCUT2D eigenvalue weighted by Crippen LogP contribution is -2.30. The fourth-order valence-corrected chi connectivity index (χ4v) is 14.0. The number of carbonyl (C=O) groups excluding carboxylic acids is 4. The summed E-state index contributed by atoms with van der Waals surface area (Å²) in [5, 5.41) is 10.6. The maximum absolute atomic E-state index is 13.1. The van der Waals surface area contributed by atoms with Crippen LogP contribution in [0.1, 0.15) is 421 Å². The van der Waals surface area contributed by atoms with Gasteiger partial charge in [-0.25, -0.2) is 9.13 Å². The first-order chi connectivity index (χ1) is 48.3. The predicted molar refractivity (Wildman–Crippen MR) is 409 cm³/mol. The lowest BCUT2D eigenvalue weighted by atomic mass is 9.99. The smallest absolute Gasteiger partial charge is 0.462 e. The van der Waals surface area contributed by atoms with Gasteiger partial charge in [0.25, 0.3) is 0 Å². The summed E-state index contributed by atoms with van der Waals surface area (Å²) in [7, 11) is -9.92. The molecule has 3 unspecified atom stereocenters. The van der Waals surface area contributed by atoms with Crippen molar-refractivity contribution in [3.63, 3.8) is 0 Å². The molecule has 0 radical (unpaired) electrons. The Kier molecular flexibility index (Phi) is 69.9. The normalized spacial score (nSPS) is 14.2. The summed E-state index contributed by atoms with van der Waals surface area (Å²) in [6.45, 7) is 12.0. The number of unbranched alkanes of at least 4 members (excludes halogenated alkanes) is 46. The van der Waals surface area contributed by atoms with Crippen molar-refractivity contribution in [3.05, 3.63) is 0 Å². The standard InChI is InChI=1S/C81H158O17P2/c1-8-10-11-12-13-14-15-16-22-29-34-43-50-57-64-80(85)98-77(69-92-79(84)63-56-49-42-37-36-40-47-54-61-74(7)9-2)71-96-100(89,90)94-67-75(82)66-93-99(87,88)95-70-76(68-91-78(83)62-55-48-41-33-28-25-24-27-32-39-46-53-60-73(5)6)97-81(86)65-58-51-44-35-30-23-20-18-17-19-21-26-31-38-45-52-59-72(3)4/h72-77,82H,8-71H2,1-7H3,(H,87,88)(H,89,90)/t74?,75-,76-,77-/m1/s1. The Morgan fingerprint density at radius 1 is 0.290 bits per heavy atom. The van der Waals surface area contributed by atoms with Gasteiger partial charge in [-0.3, -0.25) is 37.3 Å². The van der Waals surface area contributed by atoms with Gasteiger partial charge in [0.05, 0.1) is 26.4 Å². The number of esters is 4. The van der Waals surface area contributed by atoms with Gasteiger partial charge >= 0.3 is 39.5 Å². The monoisotopic (exact) mass is 1470 g/mol. The number of aliphatic hydroxyl groups is 1. The Morgan fingerprint density at radius 2 is 0.510 bits per heavy atom. The Hall–Kier alpha value is -1.94. The molecule has 0 spiro atoms. The molecule has 6 atom stereocenters. The van der Waals surface area contributed by atoms with Crippen molar-refractivity contribution in [2.24, 2.45) is 17.8 Å². The predicted octanol–water partition coefficient (Wildman–Crippen LogP) is 24.1. The third-order valence-corrected chi connectivity index (χ3v) is 21.1. The van der Waals surface area contributed by atoms with Gasteiger partial charge < -0.3 is 33.8 Å². The van der Waals surface area contributed by atoms with Crippen molar-refractivity contribution >= 4 is 39.5 Å². The highest BCUT2D eigenvalue weighted by molar-refractivity contribution is 7.47. The molecule has 0 aromatic heterocycles. The molecule has 0 saturated carbocycles. The van der Waals surface area contributed by atoms with Gasteiger partial charge in [0, 0.05) is 25.7 Å². The third-order valence-electron chi connectivity index (χ3n) is 19.2. The largest absolute Gasteiger partial charge is 0.472 e. The Balaban J connectivity index is 5.26. The van der Waals surface area contributed by atoms with Crippen molar-refractivity contribution in [2.75, 3.05) is 39.6 Å². The molecule has 100 heavy (non-hydrogen) atoms. The summed E-state index contributed by atoms with van der Waals surface area (Å²) in [5.74, 6) is 0.259. The van der Waals surface area contributed by atoms with Crippen LogP contribution in [0.15, 0.2) is 0 Å². The van der Waals surface area contributed by atoms with Crippen LogP contribution >= 0.6 is 15.6 Å². The minimum Gasteiger partial charge on any atom is -0.462 e.